The Hall–Kier alpha value is -0.0800. The van der Waals surface area contributed by atoms with Crippen LogP contribution < -0.4 is 5.73 Å². The standard InChI is InChI=1S/C13H28N2/c1-4-7-15(9-12-5-6-12)10-13(8-14)11(2)3/h11-13H,4-10,14H2,1-3H3. The molecule has 1 unspecified atom stereocenters. The van der Waals surface area contributed by atoms with E-state index in [-0.39, 0.29) is 0 Å². The van der Waals surface area contributed by atoms with E-state index in [2.05, 4.69) is 25.7 Å². The third-order valence-electron chi connectivity index (χ3n) is 3.49. The minimum Gasteiger partial charge on any atom is -0.330 e. The molecular weight excluding hydrogens is 184 g/mol. The first kappa shape index (κ1) is 13.0. The molecule has 2 heteroatoms. The number of nitrogens with zero attached hydrogens (tertiary/aromatic N) is 1. The third kappa shape index (κ3) is 4.98. The molecule has 15 heavy (non-hydrogen) atoms. The average molecular weight is 212 g/mol. The van der Waals surface area contributed by atoms with Crippen molar-refractivity contribution in [2.45, 2.75) is 40.0 Å². The van der Waals surface area contributed by atoms with Crippen LogP contribution in [0.5, 0.6) is 0 Å². The van der Waals surface area contributed by atoms with Crippen LogP contribution in [-0.4, -0.2) is 31.1 Å². The van der Waals surface area contributed by atoms with Crippen molar-refractivity contribution in [1.82, 2.24) is 4.90 Å². The predicted octanol–water partition coefficient (Wildman–Crippen LogP) is 2.34. The van der Waals surface area contributed by atoms with Crippen molar-refractivity contribution in [3.05, 3.63) is 0 Å². The summed E-state index contributed by atoms with van der Waals surface area (Å²) in [5, 5.41) is 0. The van der Waals surface area contributed by atoms with E-state index in [1.807, 2.05) is 0 Å². The Morgan fingerprint density at radius 1 is 1.33 bits per heavy atom. The number of hydrogen-bond donors (Lipinski definition) is 1. The Kier molecular flexibility index (Phi) is 5.62. The minimum atomic E-state index is 0.676. The largest absolute Gasteiger partial charge is 0.330 e. The fourth-order valence-electron chi connectivity index (χ4n) is 2.13. The van der Waals surface area contributed by atoms with Crippen LogP contribution in [0.2, 0.25) is 0 Å². The Balaban J connectivity index is 2.32. The van der Waals surface area contributed by atoms with E-state index in [4.69, 9.17) is 5.73 Å². The number of rotatable bonds is 8. The van der Waals surface area contributed by atoms with E-state index in [1.165, 1.54) is 38.9 Å². The second-order valence-electron chi connectivity index (χ2n) is 5.44. The molecule has 0 bridgehead atoms. The molecule has 2 nitrogen and oxygen atoms in total. The average Bonchev–Trinajstić information content (AvgIpc) is 2.97. The number of nitrogens with two attached hydrogens (primary N) is 1. The normalized spacial score (nSPS) is 18.8. The van der Waals surface area contributed by atoms with Crippen molar-refractivity contribution in [1.29, 1.82) is 0 Å². The summed E-state index contributed by atoms with van der Waals surface area (Å²) in [6.07, 6.45) is 4.17. The molecule has 90 valence electrons. The maximum Gasteiger partial charge on any atom is 0.00243 e. The topological polar surface area (TPSA) is 29.3 Å². The van der Waals surface area contributed by atoms with Crippen LogP contribution in [0.4, 0.5) is 0 Å². The highest BCUT2D eigenvalue weighted by atomic mass is 15.1. The second-order valence-corrected chi connectivity index (χ2v) is 5.44. The molecule has 1 aliphatic rings. The first-order valence-corrected chi connectivity index (χ1v) is 6.59. The molecule has 0 saturated heterocycles. The molecule has 2 N–H and O–H groups in total. The molecule has 0 aromatic heterocycles. The summed E-state index contributed by atoms with van der Waals surface area (Å²) in [6.45, 7) is 11.5. The van der Waals surface area contributed by atoms with Gasteiger partial charge in [-0.25, -0.2) is 0 Å². The van der Waals surface area contributed by atoms with E-state index >= 15 is 0 Å². The highest BCUT2D eigenvalue weighted by molar-refractivity contribution is 4.79. The lowest BCUT2D eigenvalue weighted by atomic mass is 9.95. The molecule has 0 amide bonds. The summed E-state index contributed by atoms with van der Waals surface area (Å²) in [6, 6.07) is 0. The Bertz CT molecular complexity index is 164. The van der Waals surface area contributed by atoms with Gasteiger partial charge in [-0.1, -0.05) is 20.8 Å². The van der Waals surface area contributed by atoms with Gasteiger partial charge in [-0.15, -0.1) is 0 Å². The molecule has 0 heterocycles. The monoisotopic (exact) mass is 212 g/mol. The molecule has 1 fully saturated rings. The molecule has 0 aromatic carbocycles. The Morgan fingerprint density at radius 3 is 2.40 bits per heavy atom. The van der Waals surface area contributed by atoms with Gasteiger partial charge >= 0.3 is 0 Å². The molecule has 0 aromatic rings. The zero-order valence-electron chi connectivity index (χ0n) is 10.7. The molecule has 0 spiro atoms. The van der Waals surface area contributed by atoms with Gasteiger partial charge in [0.25, 0.3) is 0 Å². The van der Waals surface area contributed by atoms with Crippen molar-refractivity contribution in [2.24, 2.45) is 23.5 Å². The summed E-state index contributed by atoms with van der Waals surface area (Å²) in [5.41, 5.74) is 5.84. The lowest BCUT2D eigenvalue weighted by Crippen LogP contribution is -2.37. The van der Waals surface area contributed by atoms with Gasteiger partial charge in [0, 0.05) is 13.1 Å². The Labute approximate surface area is 95.2 Å². The maximum atomic E-state index is 5.84. The van der Waals surface area contributed by atoms with Crippen LogP contribution in [-0.2, 0) is 0 Å². The number of hydrogen-bond acceptors (Lipinski definition) is 2. The van der Waals surface area contributed by atoms with Gasteiger partial charge in [-0.05, 0) is 50.1 Å². The molecular formula is C13H28N2. The van der Waals surface area contributed by atoms with E-state index in [1.54, 1.807) is 0 Å². The van der Waals surface area contributed by atoms with E-state index < -0.39 is 0 Å². The van der Waals surface area contributed by atoms with Crippen LogP contribution in [0.3, 0.4) is 0 Å². The summed E-state index contributed by atoms with van der Waals surface area (Å²) in [7, 11) is 0. The third-order valence-corrected chi connectivity index (χ3v) is 3.49. The first-order chi connectivity index (χ1) is 7.17. The summed E-state index contributed by atoms with van der Waals surface area (Å²) in [4.78, 5) is 2.63. The molecule has 1 atom stereocenters. The zero-order valence-corrected chi connectivity index (χ0v) is 10.7. The highest BCUT2D eigenvalue weighted by Gasteiger charge is 2.25. The zero-order chi connectivity index (χ0) is 11.3. The van der Waals surface area contributed by atoms with Crippen LogP contribution in [0, 0.1) is 17.8 Å². The van der Waals surface area contributed by atoms with Gasteiger partial charge in [-0.2, -0.15) is 0 Å². The second kappa shape index (κ2) is 6.49. The van der Waals surface area contributed by atoms with E-state index in [0.29, 0.717) is 11.8 Å². The van der Waals surface area contributed by atoms with Crippen LogP contribution in [0.25, 0.3) is 0 Å². The van der Waals surface area contributed by atoms with Gasteiger partial charge in [-0.3, -0.25) is 0 Å². The summed E-state index contributed by atoms with van der Waals surface area (Å²) in [5.74, 6) is 2.39. The molecule has 0 aliphatic heterocycles. The van der Waals surface area contributed by atoms with Gasteiger partial charge < -0.3 is 10.6 Å². The molecule has 0 radical (unpaired) electrons. The maximum absolute atomic E-state index is 5.84. The SMILES string of the molecule is CCCN(CC1CC1)CC(CN)C(C)C. The van der Waals surface area contributed by atoms with Crippen molar-refractivity contribution in [3.8, 4) is 0 Å². The van der Waals surface area contributed by atoms with Crippen molar-refractivity contribution < 1.29 is 0 Å². The lowest BCUT2D eigenvalue weighted by Gasteiger charge is -2.28. The predicted molar refractivity (Wildman–Crippen MR) is 66.8 cm³/mol. The van der Waals surface area contributed by atoms with E-state index in [9.17, 15) is 0 Å². The molecule has 1 rings (SSSR count). The van der Waals surface area contributed by atoms with Crippen LogP contribution in [0.15, 0.2) is 0 Å². The van der Waals surface area contributed by atoms with Crippen molar-refractivity contribution in [3.63, 3.8) is 0 Å². The fraction of sp³-hybridized carbons (Fsp3) is 1.00. The van der Waals surface area contributed by atoms with Gasteiger partial charge in [0.15, 0.2) is 0 Å². The van der Waals surface area contributed by atoms with E-state index in [0.717, 1.165) is 12.5 Å². The van der Waals surface area contributed by atoms with Crippen molar-refractivity contribution >= 4 is 0 Å². The summed E-state index contributed by atoms with van der Waals surface area (Å²) >= 11 is 0. The highest BCUT2D eigenvalue weighted by Crippen LogP contribution is 2.30. The lowest BCUT2D eigenvalue weighted by molar-refractivity contribution is 0.198. The minimum absolute atomic E-state index is 0.676. The van der Waals surface area contributed by atoms with Gasteiger partial charge in [0.1, 0.15) is 0 Å². The molecule has 1 saturated carbocycles. The summed E-state index contributed by atoms with van der Waals surface area (Å²) < 4.78 is 0. The van der Waals surface area contributed by atoms with Gasteiger partial charge in [0.2, 0.25) is 0 Å². The van der Waals surface area contributed by atoms with Crippen molar-refractivity contribution in [2.75, 3.05) is 26.2 Å². The quantitative estimate of drug-likeness (QED) is 0.669. The van der Waals surface area contributed by atoms with Gasteiger partial charge in [0.05, 0.1) is 0 Å². The molecule has 1 aliphatic carbocycles. The van der Waals surface area contributed by atoms with Crippen LogP contribution >= 0.6 is 0 Å². The fourth-order valence-corrected chi connectivity index (χ4v) is 2.13. The Morgan fingerprint density at radius 2 is 2.00 bits per heavy atom. The van der Waals surface area contributed by atoms with Crippen LogP contribution in [0.1, 0.15) is 40.0 Å². The smallest absolute Gasteiger partial charge is 0.00243 e. The first-order valence-electron chi connectivity index (χ1n) is 6.59.